The first-order valence-electron chi connectivity index (χ1n) is 5.28. The first-order chi connectivity index (χ1) is 7.43. The number of nitrogens with zero attached hydrogens (tertiary/aromatic N) is 2. The lowest BCUT2D eigenvalue weighted by Gasteiger charge is -2.30. The van der Waals surface area contributed by atoms with Crippen molar-refractivity contribution < 1.29 is 19.8 Å². The second kappa shape index (κ2) is 7.05. The molecule has 6 heteroatoms. The van der Waals surface area contributed by atoms with E-state index in [2.05, 4.69) is 0 Å². The van der Waals surface area contributed by atoms with Crippen molar-refractivity contribution >= 4 is 12.0 Å². The second-order valence-corrected chi connectivity index (χ2v) is 3.65. The van der Waals surface area contributed by atoms with Gasteiger partial charge in [0.2, 0.25) is 0 Å². The zero-order valence-electron chi connectivity index (χ0n) is 10.0. The molecule has 0 aliphatic rings. The summed E-state index contributed by atoms with van der Waals surface area (Å²) in [5, 5.41) is 17.5. The fraction of sp³-hybridized carbons (Fsp3) is 0.800. The molecule has 94 valence electrons. The third-order valence-electron chi connectivity index (χ3n) is 2.47. The Morgan fingerprint density at radius 1 is 1.38 bits per heavy atom. The van der Waals surface area contributed by atoms with E-state index in [1.165, 1.54) is 9.80 Å². The van der Waals surface area contributed by atoms with Crippen LogP contribution in [0.2, 0.25) is 0 Å². The molecule has 0 aromatic carbocycles. The molecule has 1 atom stereocenters. The van der Waals surface area contributed by atoms with E-state index >= 15 is 0 Å². The predicted molar refractivity (Wildman–Crippen MR) is 59.2 cm³/mol. The Balaban J connectivity index is 4.34. The lowest BCUT2D eigenvalue weighted by atomic mass is 10.3. The minimum atomic E-state index is -0.927. The first kappa shape index (κ1) is 14.7. The Morgan fingerprint density at radius 3 is 2.31 bits per heavy atom. The molecule has 0 aliphatic carbocycles. The van der Waals surface area contributed by atoms with Gasteiger partial charge in [-0.2, -0.15) is 0 Å². The van der Waals surface area contributed by atoms with Gasteiger partial charge in [0.25, 0.3) is 0 Å². The molecular formula is C10H20N2O4. The van der Waals surface area contributed by atoms with Gasteiger partial charge in [0.15, 0.2) is 0 Å². The van der Waals surface area contributed by atoms with Crippen LogP contribution in [0.1, 0.15) is 20.3 Å². The predicted octanol–water partition coefficient (Wildman–Crippen LogP) is 0.216. The molecular weight excluding hydrogens is 212 g/mol. The average Bonchev–Trinajstić information content (AvgIpc) is 2.27. The van der Waals surface area contributed by atoms with Crippen LogP contribution in [0.15, 0.2) is 0 Å². The first-order valence-corrected chi connectivity index (χ1v) is 5.28. The molecule has 0 rings (SSSR count). The van der Waals surface area contributed by atoms with Crippen LogP contribution in [-0.4, -0.2) is 64.8 Å². The van der Waals surface area contributed by atoms with Gasteiger partial charge in [-0.15, -0.1) is 0 Å². The van der Waals surface area contributed by atoms with Crippen molar-refractivity contribution in [2.75, 3.05) is 26.7 Å². The number of likely N-dealkylation sites (N-methyl/N-ethyl adjacent to an activating group) is 1. The van der Waals surface area contributed by atoms with Crippen LogP contribution < -0.4 is 0 Å². The van der Waals surface area contributed by atoms with E-state index in [1.54, 1.807) is 20.9 Å². The van der Waals surface area contributed by atoms with Crippen LogP contribution in [0, 0.1) is 0 Å². The second-order valence-electron chi connectivity index (χ2n) is 3.65. The van der Waals surface area contributed by atoms with Crippen molar-refractivity contribution in [1.29, 1.82) is 0 Å². The molecule has 2 amide bonds. The Hall–Kier alpha value is -1.30. The number of rotatable bonds is 6. The quantitative estimate of drug-likeness (QED) is 0.686. The molecule has 0 aliphatic heterocycles. The highest BCUT2D eigenvalue weighted by atomic mass is 16.4. The highest BCUT2D eigenvalue weighted by molar-refractivity contribution is 5.75. The topological polar surface area (TPSA) is 81.1 Å². The molecule has 16 heavy (non-hydrogen) atoms. The summed E-state index contributed by atoms with van der Waals surface area (Å²) < 4.78 is 0. The number of carboxylic acid groups (broad SMARTS) is 1. The minimum Gasteiger partial charge on any atom is -0.481 e. The van der Waals surface area contributed by atoms with Crippen molar-refractivity contribution in [3.05, 3.63) is 0 Å². The summed E-state index contributed by atoms with van der Waals surface area (Å²) in [5.41, 5.74) is 0. The molecule has 0 fully saturated rings. The summed E-state index contributed by atoms with van der Waals surface area (Å²) in [6.07, 6.45) is -0.0685. The van der Waals surface area contributed by atoms with Gasteiger partial charge in [-0.3, -0.25) is 4.79 Å². The standard InChI is InChI=1S/C10H20N2O4/c1-4-12(6-5-9(14)15)10(16)11(3)8(2)7-13/h8,13H,4-7H2,1-3H3,(H,14,15). The maximum Gasteiger partial charge on any atom is 0.320 e. The number of aliphatic carboxylic acids is 1. The Labute approximate surface area is 95.5 Å². The van der Waals surface area contributed by atoms with E-state index in [9.17, 15) is 9.59 Å². The zero-order valence-corrected chi connectivity index (χ0v) is 10.0. The van der Waals surface area contributed by atoms with E-state index in [0.29, 0.717) is 6.54 Å². The normalized spacial score (nSPS) is 12.0. The number of amides is 2. The van der Waals surface area contributed by atoms with Crippen molar-refractivity contribution in [1.82, 2.24) is 9.80 Å². The summed E-state index contributed by atoms with van der Waals surface area (Å²) in [4.78, 5) is 25.1. The molecule has 0 aromatic rings. The summed E-state index contributed by atoms with van der Waals surface area (Å²) in [5.74, 6) is -0.927. The van der Waals surface area contributed by atoms with Gasteiger partial charge in [0.05, 0.1) is 19.1 Å². The third kappa shape index (κ3) is 4.48. The van der Waals surface area contributed by atoms with Crippen molar-refractivity contribution in [2.45, 2.75) is 26.3 Å². The van der Waals surface area contributed by atoms with Crippen molar-refractivity contribution in [3.8, 4) is 0 Å². The Bertz CT molecular complexity index is 245. The molecule has 0 spiro atoms. The van der Waals surface area contributed by atoms with Crippen molar-refractivity contribution in [3.63, 3.8) is 0 Å². The molecule has 0 radical (unpaired) electrons. The fourth-order valence-corrected chi connectivity index (χ4v) is 1.15. The monoisotopic (exact) mass is 232 g/mol. The average molecular weight is 232 g/mol. The molecule has 6 nitrogen and oxygen atoms in total. The van der Waals surface area contributed by atoms with Gasteiger partial charge in [-0.05, 0) is 13.8 Å². The van der Waals surface area contributed by atoms with Crippen LogP contribution in [0.5, 0.6) is 0 Å². The molecule has 2 N–H and O–H groups in total. The van der Waals surface area contributed by atoms with Crippen LogP contribution in [0.25, 0.3) is 0 Å². The molecule has 0 saturated carbocycles. The largest absolute Gasteiger partial charge is 0.481 e. The minimum absolute atomic E-state index is 0.0685. The molecule has 0 heterocycles. The van der Waals surface area contributed by atoms with E-state index in [1.807, 2.05) is 0 Å². The third-order valence-corrected chi connectivity index (χ3v) is 2.47. The van der Waals surface area contributed by atoms with Gasteiger partial charge in [0.1, 0.15) is 0 Å². The van der Waals surface area contributed by atoms with E-state index in [4.69, 9.17) is 10.2 Å². The van der Waals surface area contributed by atoms with Gasteiger partial charge in [-0.1, -0.05) is 0 Å². The van der Waals surface area contributed by atoms with Crippen LogP contribution >= 0.6 is 0 Å². The number of carbonyl (C=O) groups excluding carboxylic acids is 1. The summed E-state index contributed by atoms with van der Waals surface area (Å²) in [6, 6.07) is -0.531. The Kier molecular flexibility index (Phi) is 6.48. The maximum absolute atomic E-state index is 11.8. The highest BCUT2D eigenvalue weighted by Crippen LogP contribution is 2.02. The number of hydrogen-bond acceptors (Lipinski definition) is 3. The molecule has 1 unspecified atom stereocenters. The smallest absolute Gasteiger partial charge is 0.320 e. The number of urea groups is 1. The highest BCUT2D eigenvalue weighted by Gasteiger charge is 2.20. The fourth-order valence-electron chi connectivity index (χ4n) is 1.15. The van der Waals surface area contributed by atoms with Gasteiger partial charge < -0.3 is 20.0 Å². The summed E-state index contributed by atoms with van der Waals surface area (Å²) in [7, 11) is 1.59. The Morgan fingerprint density at radius 2 is 1.94 bits per heavy atom. The molecule has 0 aromatic heterocycles. The number of carboxylic acids is 1. The SMILES string of the molecule is CCN(CCC(=O)O)C(=O)N(C)C(C)CO. The molecule has 0 bridgehead atoms. The number of carbonyl (C=O) groups is 2. The van der Waals surface area contributed by atoms with Crippen LogP contribution in [0.4, 0.5) is 4.79 Å². The number of aliphatic hydroxyl groups excluding tert-OH is 1. The number of hydrogen-bond donors (Lipinski definition) is 2. The summed E-state index contributed by atoms with van der Waals surface area (Å²) in [6.45, 7) is 4.04. The lowest BCUT2D eigenvalue weighted by molar-refractivity contribution is -0.137. The van der Waals surface area contributed by atoms with E-state index < -0.39 is 5.97 Å². The zero-order chi connectivity index (χ0) is 12.7. The van der Waals surface area contributed by atoms with E-state index in [0.717, 1.165) is 0 Å². The summed E-state index contributed by atoms with van der Waals surface area (Å²) >= 11 is 0. The van der Waals surface area contributed by atoms with Gasteiger partial charge >= 0.3 is 12.0 Å². The van der Waals surface area contributed by atoms with Crippen LogP contribution in [0.3, 0.4) is 0 Å². The van der Waals surface area contributed by atoms with E-state index in [-0.39, 0.29) is 31.6 Å². The maximum atomic E-state index is 11.8. The molecule has 0 saturated heterocycles. The van der Waals surface area contributed by atoms with Gasteiger partial charge in [-0.25, -0.2) is 4.79 Å². The van der Waals surface area contributed by atoms with Crippen LogP contribution in [-0.2, 0) is 4.79 Å². The number of aliphatic hydroxyl groups is 1. The van der Waals surface area contributed by atoms with Gasteiger partial charge in [0, 0.05) is 20.1 Å². The lowest BCUT2D eigenvalue weighted by Crippen LogP contribution is -2.46. The van der Waals surface area contributed by atoms with Crippen molar-refractivity contribution in [2.24, 2.45) is 0 Å².